The van der Waals surface area contributed by atoms with Crippen LogP contribution < -0.4 is 11.2 Å². The van der Waals surface area contributed by atoms with E-state index >= 15 is 0 Å². The Bertz CT molecular complexity index is 453. The van der Waals surface area contributed by atoms with Crippen LogP contribution in [0.4, 0.5) is 0 Å². The average molecular weight is 336 g/mol. The summed E-state index contributed by atoms with van der Waals surface area (Å²) in [7, 11) is 0. The van der Waals surface area contributed by atoms with Crippen LogP contribution in [-0.4, -0.2) is 19.6 Å². The largest absolute Gasteiger partial charge is 0.353 e. The third-order valence-electron chi connectivity index (χ3n) is 2.74. The first-order chi connectivity index (χ1) is 7.63. The minimum atomic E-state index is -0.427. The number of alkyl halides is 1. The minimum Gasteiger partial charge on any atom is -0.353 e. The quantitative estimate of drug-likeness (QED) is 0.648. The fourth-order valence-electron chi connectivity index (χ4n) is 1.91. The van der Waals surface area contributed by atoms with Crippen molar-refractivity contribution in [1.82, 2.24) is 9.55 Å². The van der Waals surface area contributed by atoms with Crippen molar-refractivity contribution in [3.05, 3.63) is 33.1 Å². The van der Waals surface area contributed by atoms with E-state index in [1.165, 1.54) is 12.3 Å². The van der Waals surface area contributed by atoms with E-state index in [1.54, 1.807) is 0 Å². The summed E-state index contributed by atoms with van der Waals surface area (Å²) in [4.78, 5) is 25.6. The van der Waals surface area contributed by atoms with Gasteiger partial charge in [0.25, 0.3) is 5.56 Å². The molecular formula is C10H13IN2O3. The lowest BCUT2D eigenvalue weighted by atomic mass is 10.2. The van der Waals surface area contributed by atoms with Gasteiger partial charge in [0, 0.05) is 22.6 Å². The summed E-state index contributed by atoms with van der Waals surface area (Å²) in [6.45, 7) is 2.04. The van der Waals surface area contributed by atoms with Gasteiger partial charge in [0.1, 0.15) is 6.23 Å². The van der Waals surface area contributed by atoms with Crippen LogP contribution in [0, 0.1) is 0 Å². The van der Waals surface area contributed by atoms with Gasteiger partial charge < -0.3 is 9.72 Å². The van der Waals surface area contributed by atoms with Crippen LogP contribution in [-0.2, 0) is 4.74 Å². The molecule has 0 aliphatic carbocycles. The molecule has 1 unspecified atom stereocenters. The van der Waals surface area contributed by atoms with Crippen molar-refractivity contribution >= 4 is 22.6 Å². The molecule has 1 aromatic rings. The maximum atomic E-state index is 11.6. The van der Waals surface area contributed by atoms with Gasteiger partial charge in [-0.15, -0.1) is 0 Å². The molecule has 3 atom stereocenters. The molecule has 1 N–H and O–H groups in total. The molecule has 6 heteroatoms. The van der Waals surface area contributed by atoms with Gasteiger partial charge in [-0.3, -0.25) is 4.79 Å². The molecule has 1 aliphatic rings. The Kier molecular flexibility index (Phi) is 3.48. The highest BCUT2D eigenvalue weighted by Crippen LogP contribution is 2.33. The van der Waals surface area contributed by atoms with Crippen molar-refractivity contribution in [1.29, 1.82) is 0 Å². The second-order valence-corrected chi connectivity index (χ2v) is 5.38. The Morgan fingerprint density at radius 1 is 1.62 bits per heavy atom. The zero-order chi connectivity index (χ0) is 11.7. The fraction of sp³-hybridized carbons (Fsp3) is 0.600. The van der Waals surface area contributed by atoms with Crippen LogP contribution in [0.15, 0.2) is 21.9 Å². The van der Waals surface area contributed by atoms with E-state index in [2.05, 4.69) is 27.6 Å². The number of aromatic nitrogens is 2. The van der Waals surface area contributed by atoms with Crippen LogP contribution in [0.25, 0.3) is 0 Å². The number of rotatable bonds is 2. The van der Waals surface area contributed by atoms with Crippen LogP contribution in [0.3, 0.4) is 0 Å². The third kappa shape index (κ3) is 2.08. The number of halogens is 1. The summed E-state index contributed by atoms with van der Waals surface area (Å²) in [5.41, 5.74) is -0.716. The van der Waals surface area contributed by atoms with Gasteiger partial charge in [0.15, 0.2) is 0 Å². The van der Waals surface area contributed by atoms with E-state index in [1.807, 2.05) is 6.92 Å². The minimum absolute atomic E-state index is 0.122. The van der Waals surface area contributed by atoms with Crippen LogP contribution in [0.5, 0.6) is 0 Å². The molecule has 1 aliphatic heterocycles. The van der Waals surface area contributed by atoms with Gasteiger partial charge >= 0.3 is 5.69 Å². The third-order valence-corrected chi connectivity index (χ3v) is 4.05. The monoisotopic (exact) mass is 336 g/mol. The Morgan fingerprint density at radius 3 is 2.94 bits per heavy atom. The van der Waals surface area contributed by atoms with Gasteiger partial charge in [-0.25, -0.2) is 9.36 Å². The maximum absolute atomic E-state index is 11.6. The lowest BCUT2D eigenvalue weighted by Gasteiger charge is -2.13. The van der Waals surface area contributed by atoms with E-state index in [0.717, 1.165) is 11.0 Å². The molecule has 2 rings (SSSR count). The van der Waals surface area contributed by atoms with Gasteiger partial charge in [-0.2, -0.15) is 0 Å². The van der Waals surface area contributed by atoms with Crippen LogP contribution in [0.1, 0.15) is 26.0 Å². The van der Waals surface area contributed by atoms with Gasteiger partial charge in [0.2, 0.25) is 0 Å². The number of H-pyrrole nitrogens is 1. The number of nitrogens with one attached hydrogen (secondary N) is 1. The molecule has 0 spiro atoms. The van der Waals surface area contributed by atoms with Crippen molar-refractivity contribution in [2.75, 3.05) is 0 Å². The van der Waals surface area contributed by atoms with Crippen LogP contribution >= 0.6 is 22.6 Å². The van der Waals surface area contributed by atoms with Crippen LogP contribution in [0.2, 0.25) is 0 Å². The first kappa shape index (κ1) is 11.8. The molecule has 0 bridgehead atoms. The second-order valence-electron chi connectivity index (χ2n) is 3.78. The Morgan fingerprint density at radius 2 is 2.38 bits per heavy atom. The highest BCUT2D eigenvalue weighted by atomic mass is 127. The molecule has 88 valence electrons. The first-order valence-corrected chi connectivity index (χ1v) is 6.47. The summed E-state index contributed by atoms with van der Waals surface area (Å²) in [6, 6.07) is 1.34. The standard InChI is InChI=1S/C10H13IN2O3/c1-2-7-6(11)5-9(16-7)13-8(14)3-4-12-10(13)15/h3-4,6-7,9H,2,5H2,1H3,(H,12,15)/t6?,7-,9-/m1/s1. The molecular weight excluding hydrogens is 323 g/mol. The number of nitrogens with zero attached hydrogens (tertiary/aromatic N) is 1. The molecule has 0 saturated carbocycles. The molecule has 5 nitrogen and oxygen atoms in total. The Balaban J connectivity index is 2.34. The van der Waals surface area contributed by atoms with Crippen molar-refractivity contribution in [2.24, 2.45) is 0 Å². The zero-order valence-corrected chi connectivity index (χ0v) is 11.0. The summed E-state index contributed by atoms with van der Waals surface area (Å²) in [5, 5.41) is 0. The van der Waals surface area contributed by atoms with E-state index in [4.69, 9.17) is 4.74 Å². The summed E-state index contributed by atoms with van der Waals surface area (Å²) >= 11 is 2.31. The van der Waals surface area contributed by atoms with Crippen molar-refractivity contribution in [3.63, 3.8) is 0 Å². The predicted octanol–water partition coefficient (Wildman–Crippen LogP) is 1.04. The van der Waals surface area contributed by atoms with E-state index in [-0.39, 0.29) is 11.7 Å². The highest BCUT2D eigenvalue weighted by molar-refractivity contribution is 14.1. The molecule has 1 fully saturated rings. The highest BCUT2D eigenvalue weighted by Gasteiger charge is 2.34. The Labute approximate surface area is 106 Å². The molecule has 0 amide bonds. The molecule has 16 heavy (non-hydrogen) atoms. The maximum Gasteiger partial charge on any atom is 0.330 e. The van der Waals surface area contributed by atoms with Crippen molar-refractivity contribution in [3.8, 4) is 0 Å². The lowest BCUT2D eigenvalue weighted by molar-refractivity contribution is -0.00261. The van der Waals surface area contributed by atoms with Gasteiger partial charge in [-0.1, -0.05) is 29.5 Å². The van der Waals surface area contributed by atoms with Gasteiger partial charge in [0.05, 0.1) is 6.10 Å². The fourth-order valence-corrected chi connectivity index (χ4v) is 3.03. The van der Waals surface area contributed by atoms with Gasteiger partial charge in [-0.05, 0) is 6.42 Å². The average Bonchev–Trinajstić information content (AvgIpc) is 2.59. The lowest BCUT2D eigenvalue weighted by Crippen LogP contribution is -2.37. The number of hydrogen-bond donors (Lipinski definition) is 1. The molecule has 2 heterocycles. The molecule has 0 aromatic carbocycles. The summed E-state index contributed by atoms with van der Waals surface area (Å²) in [6.07, 6.45) is 2.64. The van der Waals surface area contributed by atoms with Crippen molar-refractivity contribution in [2.45, 2.75) is 36.0 Å². The number of ether oxygens (including phenoxy) is 1. The molecule has 1 aromatic heterocycles. The summed E-state index contributed by atoms with van der Waals surface area (Å²) in [5.74, 6) is 0. The zero-order valence-electron chi connectivity index (χ0n) is 8.85. The van der Waals surface area contributed by atoms with E-state index in [0.29, 0.717) is 10.3 Å². The number of hydrogen-bond acceptors (Lipinski definition) is 3. The van der Waals surface area contributed by atoms with E-state index < -0.39 is 11.9 Å². The topological polar surface area (TPSA) is 64.1 Å². The SMILES string of the molecule is CC[C@H]1O[C@@H](n2c(=O)cc[nH]c2=O)CC1I. The normalized spacial score (nSPS) is 29.5. The second kappa shape index (κ2) is 4.70. The molecule has 1 saturated heterocycles. The summed E-state index contributed by atoms with van der Waals surface area (Å²) < 4.78 is 7.21. The number of aromatic amines is 1. The Hall–Kier alpha value is -0.630. The molecule has 0 radical (unpaired) electrons. The predicted molar refractivity (Wildman–Crippen MR) is 67.9 cm³/mol. The van der Waals surface area contributed by atoms with E-state index in [9.17, 15) is 9.59 Å². The first-order valence-electron chi connectivity index (χ1n) is 5.23. The smallest absolute Gasteiger partial charge is 0.330 e. The van der Waals surface area contributed by atoms with Crippen molar-refractivity contribution < 1.29 is 4.74 Å².